The first-order chi connectivity index (χ1) is 8.58. The summed E-state index contributed by atoms with van der Waals surface area (Å²) in [5.74, 6) is -0.363. The molecule has 0 fully saturated rings. The number of hydrogen-bond acceptors (Lipinski definition) is 1. The van der Waals surface area contributed by atoms with Crippen LogP contribution in [0.5, 0.6) is 0 Å². The summed E-state index contributed by atoms with van der Waals surface area (Å²) in [6, 6.07) is 9.64. The third kappa shape index (κ3) is 3.08. The van der Waals surface area contributed by atoms with E-state index in [4.69, 9.17) is 34.8 Å². The predicted molar refractivity (Wildman–Crippen MR) is 75.2 cm³/mol. The van der Waals surface area contributed by atoms with Crippen LogP contribution >= 0.6 is 34.8 Å². The number of halogens is 4. The lowest BCUT2D eigenvalue weighted by atomic mass is 10.2. The fourth-order valence-corrected chi connectivity index (χ4v) is 2.07. The molecular weight excluding hydrogens is 296 g/mol. The smallest absolute Gasteiger partial charge is 0.146 e. The van der Waals surface area contributed by atoms with Gasteiger partial charge in [-0.2, -0.15) is 0 Å². The Morgan fingerprint density at radius 3 is 2.61 bits per heavy atom. The summed E-state index contributed by atoms with van der Waals surface area (Å²) in [5, 5.41) is 4.35. The van der Waals surface area contributed by atoms with Gasteiger partial charge in [-0.15, -0.1) is 0 Å². The van der Waals surface area contributed by atoms with Crippen LogP contribution in [-0.2, 0) is 6.54 Å². The van der Waals surface area contributed by atoms with E-state index in [9.17, 15) is 4.39 Å². The molecule has 0 atom stereocenters. The van der Waals surface area contributed by atoms with Gasteiger partial charge in [-0.25, -0.2) is 4.39 Å². The largest absolute Gasteiger partial charge is 0.379 e. The minimum Gasteiger partial charge on any atom is -0.379 e. The Balaban J connectivity index is 2.16. The zero-order valence-corrected chi connectivity index (χ0v) is 11.5. The summed E-state index contributed by atoms with van der Waals surface area (Å²) in [7, 11) is 0. The van der Waals surface area contributed by atoms with Crippen LogP contribution in [0.15, 0.2) is 36.4 Å². The summed E-state index contributed by atoms with van der Waals surface area (Å²) < 4.78 is 13.5. The summed E-state index contributed by atoms with van der Waals surface area (Å²) in [4.78, 5) is 0. The highest BCUT2D eigenvalue weighted by Crippen LogP contribution is 2.27. The zero-order chi connectivity index (χ0) is 13.1. The van der Waals surface area contributed by atoms with E-state index in [1.807, 2.05) is 6.07 Å². The zero-order valence-electron chi connectivity index (χ0n) is 9.18. The van der Waals surface area contributed by atoms with E-state index in [1.54, 1.807) is 12.1 Å². The molecule has 0 amide bonds. The van der Waals surface area contributed by atoms with Gasteiger partial charge in [-0.05, 0) is 29.8 Å². The molecule has 0 heterocycles. The van der Waals surface area contributed by atoms with Gasteiger partial charge < -0.3 is 5.32 Å². The average molecular weight is 305 g/mol. The van der Waals surface area contributed by atoms with Crippen LogP contribution in [0.1, 0.15) is 5.56 Å². The maximum absolute atomic E-state index is 13.5. The van der Waals surface area contributed by atoms with Crippen molar-refractivity contribution in [3.63, 3.8) is 0 Å². The first kappa shape index (κ1) is 13.5. The summed E-state index contributed by atoms with van der Waals surface area (Å²) in [6.45, 7) is 0.372. The second-order valence-corrected chi connectivity index (χ2v) is 4.91. The first-order valence-electron chi connectivity index (χ1n) is 5.20. The maximum Gasteiger partial charge on any atom is 0.146 e. The second-order valence-electron chi connectivity index (χ2n) is 3.69. The minimum absolute atomic E-state index is 0.332. The van der Waals surface area contributed by atoms with Crippen molar-refractivity contribution >= 4 is 40.5 Å². The van der Waals surface area contributed by atoms with Crippen molar-refractivity contribution in [2.24, 2.45) is 0 Å². The average Bonchev–Trinajstić information content (AvgIpc) is 2.35. The Hall–Kier alpha value is -0.960. The van der Waals surface area contributed by atoms with Crippen molar-refractivity contribution < 1.29 is 4.39 Å². The number of hydrogen-bond donors (Lipinski definition) is 1. The molecule has 0 aromatic heterocycles. The second kappa shape index (κ2) is 5.79. The molecule has 0 bridgehead atoms. The molecule has 2 aromatic rings. The Bertz CT molecular complexity index is 570. The van der Waals surface area contributed by atoms with Gasteiger partial charge in [-0.3, -0.25) is 0 Å². The van der Waals surface area contributed by atoms with E-state index < -0.39 is 0 Å². The number of benzene rings is 2. The highest BCUT2D eigenvalue weighted by Gasteiger charge is 2.06. The SMILES string of the molecule is Fc1ccc(Cl)cc1NCc1cccc(Cl)c1Cl. The Morgan fingerprint density at radius 2 is 1.83 bits per heavy atom. The number of nitrogens with one attached hydrogen (secondary N) is 1. The highest BCUT2D eigenvalue weighted by atomic mass is 35.5. The molecular formula is C13H9Cl3FN. The van der Waals surface area contributed by atoms with Gasteiger partial charge in [0.15, 0.2) is 0 Å². The molecule has 0 spiro atoms. The van der Waals surface area contributed by atoms with Crippen molar-refractivity contribution in [3.8, 4) is 0 Å². The van der Waals surface area contributed by atoms with Gasteiger partial charge in [0.2, 0.25) is 0 Å². The summed E-state index contributed by atoms with van der Waals surface area (Å²) in [6.07, 6.45) is 0. The number of rotatable bonds is 3. The predicted octanol–water partition coefficient (Wildman–Crippen LogP) is 5.40. The van der Waals surface area contributed by atoms with Crippen LogP contribution in [0.25, 0.3) is 0 Å². The standard InChI is InChI=1S/C13H9Cl3FN/c14-9-4-5-11(17)12(6-9)18-7-8-2-1-3-10(15)13(8)16/h1-6,18H,7H2. The van der Waals surface area contributed by atoms with Crippen LogP contribution in [0.2, 0.25) is 15.1 Å². The van der Waals surface area contributed by atoms with E-state index in [1.165, 1.54) is 18.2 Å². The molecule has 0 radical (unpaired) electrons. The fraction of sp³-hybridized carbons (Fsp3) is 0.0769. The topological polar surface area (TPSA) is 12.0 Å². The van der Waals surface area contributed by atoms with E-state index in [0.29, 0.717) is 27.3 Å². The van der Waals surface area contributed by atoms with E-state index in [0.717, 1.165) is 5.56 Å². The summed E-state index contributed by atoms with van der Waals surface area (Å²) >= 11 is 17.7. The molecule has 1 nitrogen and oxygen atoms in total. The van der Waals surface area contributed by atoms with Gasteiger partial charge in [0.1, 0.15) is 5.82 Å². The van der Waals surface area contributed by atoms with Crippen LogP contribution < -0.4 is 5.32 Å². The van der Waals surface area contributed by atoms with Crippen molar-refractivity contribution in [2.75, 3.05) is 5.32 Å². The number of anilines is 1. The van der Waals surface area contributed by atoms with Crippen molar-refractivity contribution in [1.29, 1.82) is 0 Å². The molecule has 0 aliphatic heterocycles. The molecule has 94 valence electrons. The van der Waals surface area contributed by atoms with E-state index >= 15 is 0 Å². The van der Waals surface area contributed by atoms with Crippen LogP contribution in [0.3, 0.4) is 0 Å². The van der Waals surface area contributed by atoms with E-state index in [-0.39, 0.29) is 5.82 Å². The van der Waals surface area contributed by atoms with Crippen LogP contribution in [0, 0.1) is 5.82 Å². The third-order valence-corrected chi connectivity index (χ3v) is 3.52. The molecule has 18 heavy (non-hydrogen) atoms. The van der Waals surface area contributed by atoms with Crippen molar-refractivity contribution in [3.05, 3.63) is 62.8 Å². The molecule has 0 saturated heterocycles. The highest BCUT2D eigenvalue weighted by molar-refractivity contribution is 6.42. The van der Waals surface area contributed by atoms with Gasteiger partial charge in [0.25, 0.3) is 0 Å². The van der Waals surface area contributed by atoms with E-state index in [2.05, 4.69) is 5.32 Å². The van der Waals surface area contributed by atoms with Crippen molar-refractivity contribution in [1.82, 2.24) is 0 Å². The Morgan fingerprint density at radius 1 is 1.06 bits per heavy atom. The van der Waals surface area contributed by atoms with Gasteiger partial charge >= 0.3 is 0 Å². The van der Waals surface area contributed by atoms with Crippen LogP contribution in [0.4, 0.5) is 10.1 Å². The third-order valence-electron chi connectivity index (χ3n) is 2.43. The molecule has 2 aromatic carbocycles. The molecule has 2 rings (SSSR count). The lowest BCUT2D eigenvalue weighted by molar-refractivity contribution is 0.630. The lowest BCUT2D eigenvalue weighted by Crippen LogP contribution is -2.02. The van der Waals surface area contributed by atoms with Crippen molar-refractivity contribution in [2.45, 2.75) is 6.54 Å². The quantitative estimate of drug-likeness (QED) is 0.800. The molecule has 5 heteroatoms. The van der Waals surface area contributed by atoms with Gasteiger partial charge in [-0.1, -0.05) is 46.9 Å². The first-order valence-corrected chi connectivity index (χ1v) is 6.33. The normalized spacial score (nSPS) is 10.4. The Kier molecular flexibility index (Phi) is 4.33. The molecule has 0 saturated carbocycles. The molecule has 0 aliphatic carbocycles. The fourth-order valence-electron chi connectivity index (χ4n) is 1.51. The lowest BCUT2D eigenvalue weighted by Gasteiger charge is -2.10. The van der Waals surface area contributed by atoms with Gasteiger partial charge in [0, 0.05) is 11.6 Å². The maximum atomic E-state index is 13.5. The molecule has 1 N–H and O–H groups in total. The van der Waals surface area contributed by atoms with Crippen LogP contribution in [-0.4, -0.2) is 0 Å². The molecule has 0 aliphatic rings. The van der Waals surface area contributed by atoms with Gasteiger partial charge in [0.05, 0.1) is 15.7 Å². The summed E-state index contributed by atoms with van der Waals surface area (Å²) in [5.41, 5.74) is 1.13. The Labute approximate surface area is 119 Å². The molecule has 0 unspecified atom stereocenters. The monoisotopic (exact) mass is 303 g/mol. The minimum atomic E-state index is -0.363.